The second kappa shape index (κ2) is 9.80. The van der Waals surface area contributed by atoms with Crippen LogP contribution in [0.2, 0.25) is 5.02 Å². The lowest BCUT2D eigenvalue weighted by molar-refractivity contribution is -0.119. The lowest BCUT2D eigenvalue weighted by Crippen LogP contribution is -2.21. The summed E-state index contributed by atoms with van der Waals surface area (Å²) in [6.45, 7) is 1.11. The number of aryl methyl sites for hydroxylation is 1. The van der Waals surface area contributed by atoms with Gasteiger partial charge >= 0.3 is 5.97 Å². The van der Waals surface area contributed by atoms with Crippen LogP contribution in [0.5, 0.6) is 0 Å². The van der Waals surface area contributed by atoms with Crippen molar-refractivity contribution in [3.05, 3.63) is 88.7 Å². The molecule has 0 fully saturated rings. The lowest BCUT2D eigenvalue weighted by Gasteiger charge is -2.12. The highest BCUT2D eigenvalue weighted by Gasteiger charge is 2.18. The number of carbonyl (C=O) groups excluding carboxylic acids is 2. The molecule has 3 aromatic carbocycles. The summed E-state index contributed by atoms with van der Waals surface area (Å²) in [6.07, 6.45) is 0. The normalized spacial score (nSPS) is 11.0. The molecule has 0 aromatic heterocycles. The predicted octanol–water partition coefficient (Wildman–Crippen LogP) is 4.38. The second-order valence-corrected chi connectivity index (χ2v) is 8.84. The van der Waals surface area contributed by atoms with E-state index in [1.807, 2.05) is 0 Å². The van der Waals surface area contributed by atoms with Gasteiger partial charge in [0.1, 0.15) is 5.82 Å². The maximum atomic E-state index is 13.1. The number of esters is 1. The topological polar surface area (TPSA) is 102 Å². The van der Waals surface area contributed by atoms with Crippen LogP contribution in [0.1, 0.15) is 15.9 Å². The van der Waals surface area contributed by atoms with Crippen LogP contribution in [0.15, 0.2) is 71.6 Å². The first-order valence-electron chi connectivity index (χ1n) is 9.25. The molecule has 0 unspecified atom stereocenters. The average molecular weight is 477 g/mol. The van der Waals surface area contributed by atoms with Crippen molar-refractivity contribution in [2.75, 3.05) is 16.6 Å². The van der Waals surface area contributed by atoms with Crippen molar-refractivity contribution in [2.24, 2.45) is 0 Å². The number of halogens is 2. The quantitative estimate of drug-likeness (QED) is 0.493. The number of nitrogens with one attached hydrogen (secondary N) is 2. The molecular weight excluding hydrogens is 459 g/mol. The van der Waals surface area contributed by atoms with E-state index in [1.165, 1.54) is 18.2 Å². The number of hydrogen-bond acceptors (Lipinski definition) is 5. The monoisotopic (exact) mass is 476 g/mol. The fourth-order valence-electron chi connectivity index (χ4n) is 2.62. The van der Waals surface area contributed by atoms with E-state index in [-0.39, 0.29) is 16.1 Å². The molecule has 2 N–H and O–H groups in total. The molecule has 0 spiro atoms. The first-order valence-corrected chi connectivity index (χ1v) is 11.1. The van der Waals surface area contributed by atoms with Gasteiger partial charge in [-0.3, -0.25) is 9.52 Å². The largest absolute Gasteiger partial charge is 0.452 e. The van der Waals surface area contributed by atoms with Crippen molar-refractivity contribution < 1.29 is 27.1 Å². The Balaban J connectivity index is 1.66. The molecule has 0 saturated carbocycles. The Bertz CT molecular complexity index is 1250. The minimum atomic E-state index is -4.00. The van der Waals surface area contributed by atoms with Crippen LogP contribution in [-0.4, -0.2) is 26.9 Å². The molecule has 1 amide bonds. The van der Waals surface area contributed by atoms with Crippen LogP contribution in [0, 0.1) is 12.7 Å². The Hall–Kier alpha value is -3.43. The van der Waals surface area contributed by atoms with Crippen molar-refractivity contribution in [3.8, 4) is 0 Å². The summed E-state index contributed by atoms with van der Waals surface area (Å²) in [7, 11) is -4.00. The minimum absolute atomic E-state index is 0.0479. The van der Waals surface area contributed by atoms with Crippen LogP contribution < -0.4 is 10.0 Å². The summed E-state index contributed by atoms with van der Waals surface area (Å²) in [5.74, 6) is -1.92. The predicted molar refractivity (Wildman–Crippen MR) is 119 cm³/mol. The fraction of sp³-hybridized carbons (Fsp3) is 0.0909. The van der Waals surface area contributed by atoms with Gasteiger partial charge in [0.25, 0.3) is 15.9 Å². The number of rotatable bonds is 7. The summed E-state index contributed by atoms with van der Waals surface area (Å²) in [5, 5.41) is 3.07. The maximum Gasteiger partial charge on any atom is 0.338 e. The molecule has 166 valence electrons. The summed E-state index contributed by atoms with van der Waals surface area (Å²) in [4.78, 5) is 24.2. The van der Waals surface area contributed by atoms with Crippen molar-refractivity contribution >= 4 is 44.9 Å². The third-order valence-corrected chi connectivity index (χ3v) is 5.94. The van der Waals surface area contributed by atoms with E-state index >= 15 is 0 Å². The van der Waals surface area contributed by atoms with E-state index in [0.29, 0.717) is 16.3 Å². The Labute approximate surface area is 189 Å². The molecule has 0 saturated heterocycles. The number of sulfonamides is 1. The van der Waals surface area contributed by atoms with Crippen LogP contribution in [-0.2, 0) is 19.6 Å². The second-order valence-electron chi connectivity index (χ2n) is 6.72. The van der Waals surface area contributed by atoms with Gasteiger partial charge in [-0.05, 0) is 73.2 Å². The summed E-state index contributed by atoms with van der Waals surface area (Å²) in [5.41, 5.74) is 1.23. The van der Waals surface area contributed by atoms with E-state index < -0.39 is 34.3 Å². The van der Waals surface area contributed by atoms with Crippen molar-refractivity contribution in [1.29, 1.82) is 0 Å². The van der Waals surface area contributed by atoms with Crippen molar-refractivity contribution in [3.63, 3.8) is 0 Å². The third-order valence-electron chi connectivity index (χ3n) is 4.30. The minimum Gasteiger partial charge on any atom is -0.452 e. The molecule has 0 atom stereocenters. The van der Waals surface area contributed by atoms with E-state index in [0.717, 1.165) is 24.3 Å². The summed E-state index contributed by atoms with van der Waals surface area (Å²) >= 11 is 5.78. The van der Waals surface area contributed by atoms with Gasteiger partial charge in [-0.25, -0.2) is 17.6 Å². The van der Waals surface area contributed by atoms with Gasteiger partial charge in [-0.15, -0.1) is 0 Å². The molecule has 7 nitrogen and oxygen atoms in total. The van der Waals surface area contributed by atoms with Crippen LogP contribution in [0.4, 0.5) is 15.8 Å². The maximum absolute atomic E-state index is 13.1. The smallest absolute Gasteiger partial charge is 0.338 e. The van der Waals surface area contributed by atoms with Gasteiger partial charge in [0, 0.05) is 10.7 Å². The Morgan fingerprint density at radius 3 is 2.31 bits per heavy atom. The lowest BCUT2D eigenvalue weighted by atomic mass is 10.1. The molecule has 0 aliphatic rings. The third kappa shape index (κ3) is 6.05. The number of benzene rings is 3. The molecular formula is C22H18ClFN2O5S. The summed E-state index contributed by atoms with van der Waals surface area (Å²) < 4.78 is 45.5. The van der Waals surface area contributed by atoms with Gasteiger partial charge in [0.2, 0.25) is 0 Å². The molecule has 3 rings (SSSR count). The molecule has 0 radical (unpaired) electrons. The standard InChI is InChI=1S/C22H18ClFN2O5S/c1-14-2-3-15(12-20(14)26-32(29,30)19-10-6-17(24)7-11-19)22(28)31-13-21(27)25-18-8-4-16(23)5-9-18/h2-12,26H,13H2,1H3,(H,25,27). The first-order chi connectivity index (χ1) is 15.1. The Morgan fingerprint density at radius 1 is 1.00 bits per heavy atom. The van der Waals surface area contributed by atoms with E-state index in [1.54, 1.807) is 31.2 Å². The van der Waals surface area contributed by atoms with Crippen molar-refractivity contribution in [1.82, 2.24) is 0 Å². The molecule has 3 aromatic rings. The highest BCUT2D eigenvalue weighted by molar-refractivity contribution is 7.92. The number of anilines is 2. The molecule has 0 heterocycles. The van der Waals surface area contributed by atoms with Crippen LogP contribution >= 0.6 is 11.6 Å². The fourth-order valence-corrected chi connectivity index (χ4v) is 3.87. The highest BCUT2D eigenvalue weighted by atomic mass is 35.5. The van der Waals surface area contributed by atoms with E-state index in [4.69, 9.17) is 16.3 Å². The molecule has 0 aliphatic heterocycles. The summed E-state index contributed by atoms with van der Waals surface area (Å²) in [6, 6.07) is 15.0. The van der Waals surface area contributed by atoms with E-state index in [9.17, 15) is 22.4 Å². The van der Waals surface area contributed by atoms with Crippen LogP contribution in [0.25, 0.3) is 0 Å². The molecule has 0 aliphatic carbocycles. The Morgan fingerprint density at radius 2 is 1.66 bits per heavy atom. The number of amides is 1. The van der Waals surface area contributed by atoms with Gasteiger partial charge < -0.3 is 10.1 Å². The average Bonchev–Trinajstić information content (AvgIpc) is 2.75. The van der Waals surface area contributed by atoms with Gasteiger partial charge in [0.05, 0.1) is 16.1 Å². The van der Waals surface area contributed by atoms with E-state index in [2.05, 4.69) is 10.0 Å². The zero-order chi connectivity index (χ0) is 23.3. The van der Waals surface area contributed by atoms with Gasteiger partial charge in [-0.2, -0.15) is 0 Å². The van der Waals surface area contributed by atoms with Gasteiger partial charge in [0.15, 0.2) is 6.61 Å². The number of hydrogen-bond donors (Lipinski definition) is 2. The van der Waals surface area contributed by atoms with Gasteiger partial charge in [-0.1, -0.05) is 17.7 Å². The molecule has 0 bridgehead atoms. The van der Waals surface area contributed by atoms with Crippen LogP contribution in [0.3, 0.4) is 0 Å². The highest BCUT2D eigenvalue weighted by Crippen LogP contribution is 2.22. The first kappa shape index (κ1) is 23.2. The SMILES string of the molecule is Cc1ccc(C(=O)OCC(=O)Nc2ccc(Cl)cc2)cc1NS(=O)(=O)c1ccc(F)cc1. The number of carbonyl (C=O) groups is 2. The Kier molecular flexibility index (Phi) is 7.12. The van der Waals surface area contributed by atoms with Crippen molar-refractivity contribution in [2.45, 2.75) is 11.8 Å². The zero-order valence-electron chi connectivity index (χ0n) is 16.8. The molecule has 10 heteroatoms. The molecule has 32 heavy (non-hydrogen) atoms. The number of ether oxygens (including phenoxy) is 1. The zero-order valence-corrected chi connectivity index (χ0v) is 18.3.